The average Bonchev–Trinajstić information content (AvgIpc) is 2.81. The molecule has 0 atom stereocenters. The lowest BCUT2D eigenvalue weighted by molar-refractivity contribution is 0.287. The summed E-state index contributed by atoms with van der Waals surface area (Å²) in [5.74, 6) is 1.83. The van der Waals surface area contributed by atoms with Gasteiger partial charge >= 0.3 is 0 Å². The summed E-state index contributed by atoms with van der Waals surface area (Å²) in [7, 11) is 3.31. The minimum Gasteiger partial charge on any atom is -0.495 e. The molecule has 0 fully saturated rings. The molecule has 0 aliphatic heterocycles. The monoisotopic (exact) mass is 244 g/mol. The maximum absolute atomic E-state index is 8.86. The van der Waals surface area contributed by atoms with Crippen molar-refractivity contribution in [3.63, 3.8) is 0 Å². The number of nitrogens with zero attached hydrogens (tertiary/aromatic N) is 4. The molecule has 1 heterocycles. The van der Waals surface area contributed by atoms with Crippen molar-refractivity contribution in [2.75, 3.05) is 7.11 Å². The lowest BCUT2D eigenvalue weighted by atomic mass is 10.2. The molecule has 0 saturated carbocycles. The van der Waals surface area contributed by atoms with Gasteiger partial charge in [0.15, 0.2) is 5.82 Å². The molecule has 0 bridgehead atoms. The van der Waals surface area contributed by atoms with Crippen molar-refractivity contribution in [1.82, 2.24) is 14.8 Å². The summed E-state index contributed by atoms with van der Waals surface area (Å²) in [5, 5.41) is 12.8. The van der Waals surface area contributed by atoms with Gasteiger partial charge in [0.1, 0.15) is 30.5 Å². The van der Waals surface area contributed by atoms with Crippen molar-refractivity contribution in [2.45, 2.75) is 6.61 Å². The zero-order valence-electron chi connectivity index (χ0n) is 10.1. The Kier molecular flexibility index (Phi) is 3.44. The smallest absolute Gasteiger partial charge is 0.164 e. The first-order valence-corrected chi connectivity index (χ1v) is 5.28. The van der Waals surface area contributed by atoms with Crippen molar-refractivity contribution in [3.8, 4) is 17.6 Å². The van der Waals surface area contributed by atoms with Crippen LogP contribution in [0.25, 0.3) is 0 Å². The van der Waals surface area contributed by atoms with Gasteiger partial charge in [0.05, 0.1) is 12.7 Å². The summed E-state index contributed by atoms with van der Waals surface area (Å²) in [5.41, 5.74) is 0.475. The second-order valence-corrected chi connectivity index (χ2v) is 3.56. The molecule has 18 heavy (non-hydrogen) atoms. The second kappa shape index (κ2) is 5.19. The molecule has 0 N–H and O–H groups in total. The SMILES string of the molecule is COc1cc(OCc2ncnn2C)ccc1C#N. The molecule has 0 spiro atoms. The summed E-state index contributed by atoms with van der Waals surface area (Å²) < 4.78 is 12.3. The van der Waals surface area contributed by atoms with Gasteiger partial charge in [0, 0.05) is 13.1 Å². The molecule has 92 valence electrons. The first-order chi connectivity index (χ1) is 8.74. The highest BCUT2D eigenvalue weighted by molar-refractivity contribution is 5.47. The van der Waals surface area contributed by atoms with E-state index in [1.165, 1.54) is 13.4 Å². The molecule has 1 aromatic carbocycles. The third kappa shape index (κ3) is 2.40. The molecule has 2 aromatic rings. The molecule has 0 aliphatic carbocycles. The Morgan fingerprint density at radius 3 is 2.89 bits per heavy atom. The number of hydrogen-bond donors (Lipinski definition) is 0. The topological polar surface area (TPSA) is 73.0 Å². The number of aromatic nitrogens is 3. The fourth-order valence-electron chi connectivity index (χ4n) is 1.45. The Hall–Kier alpha value is -2.55. The van der Waals surface area contributed by atoms with Crippen LogP contribution in [0.15, 0.2) is 24.5 Å². The van der Waals surface area contributed by atoms with Crippen molar-refractivity contribution < 1.29 is 9.47 Å². The zero-order chi connectivity index (χ0) is 13.0. The van der Waals surface area contributed by atoms with Crippen LogP contribution in [-0.4, -0.2) is 21.9 Å². The van der Waals surface area contributed by atoms with E-state index in [4.69, 9.17) is 14.7 Å². The molecule has 0 radical (unpaired) electrons. The van der Waals surface area contributed by atoms with Crippen LogP contribution >= 0.6 is 0 Å². The molecule has 0 amide bonds. The van der Waals surface area contributed by atoms with E-state index in [-0.39, 0.29) is 0 Å². The molecule has 1 aromatic heterocycles. The van der Waals surface area contributed by atoms with E-state index in [2.05, 4.69) is 10.1 Å². The van der Waals surface area contributed by atoms with Crippen molar-refractivity contribution >= 4 is 0 Å². The summed E-state index contributed by atoms with van der Waals surface area (Å²) >= 11 is 0. The number of ether oxygens (including phenoxy) is 2. The normalized spacial score (nSPS) is 9.83. The molecule has 6 nitrogen and oxygen atoms in total. The standard InChI is InChI=1S/C12H12N4O2/c1-16-12(14-8-15-16)7-18-10-4-3-9(6-13)11(5-10)17-2/h3-5,8H,7H2,1-2H3. The van der Waals surface area contributed by atoms with Gasteiger partial charge in [0.2, 0.25) is 0 Å². The predicted molar refractivity (Wildman–Crippen MR) is 63.0 cm³/mol. The van der Waals surface area contributed by atoms with Crippen LogP contribution in [0.4, 0.5) is 0 Å². The second-order valence-electron chi connectivity index (χ2n) is 3.56. The van der Waals surface area contributed by atoms with Gasteiger partial charge in [-0.1, -0.05) is 0 Å². The molecular weight excluding hydrogens is 232 g/mol. The molecule has 6 heteroatoms. The minimum atomic E-state index is 0.311. The number of hydrogen-bond acceptors (Lipinski definition) is 5. The van der Waals surface area contributed by atoms with E-state index >= 15 is 0 Å². The number of benzene rings is 1. The largest absolute Gasteiger partial charge is 0.495 e. The molecular formula is C12H12N4O2. The number of nitriles is 1. The van der Waals surface area contributed by atoms with Crippen molar-refractivity contribution in [1.29, 1.82) is 5.26 Å². The fourth-order valence-corrected chi connectivity index (χ4v) is 1.45. The zero-order valence-corrected chi connectivity index (χ0v) is 10.1. The van der Waals surface area contributed by atoms with Gasteiger partial charge in [-0.05, 0) is 12.1 Å². The third-order valence-electron chi connectivity index (χ3n) is 2.47. The highest BCUT2D eigenvalue weighted by Crippen LogP contribution is 2.24. The minimum absolute atomic E-state index is 0.311. The van der Waals surface area contributed by atoms with Gasteiger partial charge in [-0.3, -0.25) is 4.68 Å². The van der Waals surface area contributed by atoms with Crippen LogP contribution in [0.5, 0.6) is 11.5 Å². The Bertz CT molecular complexity index is 586. The summed E-state index contributed by atoms with van der Waals surface area (Å²) in [4.78, 5) is 4.05. The first kappa shape index (κ1) is 11.9. The van der Waals surface area contributed by atoms with E-state index in [0.717, 1.165) is 5.82 Å². The summed E-state index contributed by atoms with van der Waals surface area (Å²) in [6, 6.07) is 7.10. The average molecular weight is 244 g/mol. The molecule has 0 unspecified atom stereocenters. The van der Waals surface area contributed by atoms with Gasteiger partial charge < -0.3 is 9.47 Å². The van der Waals surface area contributed by atoms with E-state index in [1.807, 2.05) is 6.07 Å². The van der Waals surface area contributed by atoms with Crippen molar-refractivity contribution in [2.24, 2.45) is 7.05 Å². The third-order valence-corrected chi connectivity index (χ3v) is 2.47. The number of aryl methyl sites for hydroxylation is 1. The fraction of sp³-hybridized carbons (Fsp3) is 0.250. The van der Waals surface area contributed by atoms with Gasteiger partial charge in [-0.15, -0.1) is 0 Å². The summed E-state index contributed by atoms with van der Waals surface area (Å²) in [6.07, 6.45) is 1.47. The quantitative estimate of drug-likeness (QED) is 0.809. The van der Waals surface area contributed by atoms with E-state index in [0.29, 0.717) is 23.7 Å². The maximum Gasteiger partial charge on any atom is 0.164 e. The van der Waals surface area contributed by atoms with Crippen LogP contribution < -0.4 is 9.47 Å². The van der Waals surface area contributed by atoms with Crippen LogP contribution in [0, 0.1) is 11.3 Å². The predicted octanol–water partition coefficient (Wildman–Crippen LogP) is 1.27. The number of methoxy groups -OCH3 is 1. The maximum atomic E-state index is 8.86. The number of rotatable bonds is 4. The lowest BCUT2D eigenvalue weighted by Gasteiger charge is -2.08. The van der Waals surface area contributed by atoms with Gasteiger partial charge in [-0.25, -0.2) is 4.98 Å². The molecule has 0 aliphatic rings. The lowest BCUT2D eigenvalue weighted by Crippen LogP contribution is -2.04. The van der Waals surface area contributed by atoms with Gasteiger partial charge in [-0.2, -0.15) is 10.4 Å². The van der Waals surface area contributed by atoms with Crippen LogP contribution in [0.3, 0.4) is 0 Å². The highest BCUT2D eigenvalue weighted by atomic mass is 16.5. The Labute approximate surface area is 104 Å². The van der Waals surface area contributed by atoms with Crippen LogP contribution in [0.2, 0.25) is 0 Å². The Morgan fingerprint density at radius 1 is 1.44 bits per heavy atom. The Balaban J connectivity index is 2.11. The molecule has 0 saturated heterocycles. The van der Waals surface area contributed by atoms with E-state index in [1.54, 1.807) is 29.9 Å². The highest BCUT2D eigenvalue weighted by Gasteiger charge is 2.06. The van der Waals surface area contributed by atoms with E-state index in [9.17, 15) is 0 Å². The Morgan fingerprint density at radius 2 is 2.28 bits per heavy atom. The van der Waals surface area contributed by atoms with Crippen molar-refractivity contribution in [3.05, 3.63) is 35.9 Å². The molecule has 2 rings (SSSR count). The van der Waals surface area contributed by atoms with Crippen LogP contribution in [-0.2, 0) is 13.7 Å². The first-order valence-electron chi connectivity index (χ1n) is 5.28. The van der Waals surface area contributed by atoms with Gasteiger partial charge in [0.25, 0.3) is 0 Å². The summed E-state index contributed by atoms with van der Waals surface area (Å²) in [6.45, 7) is 0.311. The van der Waals surface area contributed by atoms with E-state index < -0.39 is 0 Å². The van der Waals surface area contributed by atoms with Crippen LogP contribution in [0.1, 0.15) is 11.4 Å².